The fraction of sp³-hybridized carbons (Fsp3) is 0.214. The zero-order chi connectivity index (χ0) is 12.5. The van der Waals surface area contributed by atoms with Crippen LogP contribution in [0.4, 0.5) is 0 Å². The van der Waals surface area contributed by atoms with Crippen LogP contribution in [0.2, 0.25) is 0 Å². The molecule has 1 aromatic carbocycles. The van der Waals surface area contributed by atoms with E-state index in [1.54, 1.807) is 7.11 Å². The first-order chi connectivity index (χ1) is 8.76. The number of fused-ring (bicyclic) bond motifs is 1. The van der Waals surface area contributed by atoms with E-state index in [2.05, 4.69) is 21.9 Å². The highest BCUT2D eigenvalue weighted by atomic mass is 16.5. The Balaban J connectivity index is 1.97. The van der Waals surface area contributed by atoms with Gasteiger partial charge in [0, 0.05) is 23.2 Å². The van der Waals surface area contributed by atoms with Gasteiger partial charge >= 0.3 is 0 Å². The zero-order valence-corrected chi connectivity index (χ0v) is 10.4. The molecule has 0 N–H and O–H groups in total. The molecule has 2 aromatic heterocycles. The summed E-state index contributed by atoms with van der Waals surface area (Å²) in [6.45, 7) is 2.61. The van der Waals surface area contributed by atoms with Crippen molar-refractivity contribution in [3.05, 3.63) is 48.0 Å². The Labute approximate surface area is 105 Å². The van der Waals surface area contributed by atoms with Crippen LogP contribution in [0, 0.1) is 6.92 Å². The van der Waals surface area contributed by atoms with Crippen molar-refractivity contribution in [3.63, 3.8) is 0 Å². The number of hydrogen-bond donors (Lipinski definition) is 0. The van der Waals surface area contributed by atoms with E-state index in [1.807, 2.05) is 31.3 Å². The predicted molar refractivity (Wildman–Crippen MR) is 68.8 cm³/mol. The van der Waals surface area contributed by atoms with E-state index in [0.29, 0.717) is 6.54 Å². The average molecular weight is 242 g/mol. The third kappa shape index (κ3) is 1.86. The monoisotopic (exact) mass is 242 g/mol. The van der Waals surface area contributed by atoms with Crippen LogP contribution >= 0.6 is 0 Å². The van der Waals surface area contributed by atoms with Crippen molar-refractivity contribution < 1.29 is 9.26 Å². The Hall–Kier alpha value is -2.23. The highest BCUT2D eigenvalue weighted by molar-refractivity contribution is 5.81. The molecule has 0 aliphatic rings. The molecular weight excluding hydrogens is 228 g/mol. The third-order valence-electron chi connectivity index (χ3n) is 2.99. The van der Waals surface area contributed by atoms with E-state index in [9.17, 15) is 0 Å². The van der Waals surface area contributed by atoms with Gasteiger partial charge in [-0.2, -0.15) is 0 Å². The van der Waals surface area contributed by atoms with Crippen molar-refractivity contribution in [2.75, 3.05) is 7.11 Å². The quantitative estimate of drug-likeness (QED) is 0.708. The van der Waals surface area contributed by atoms with Crippen molar-refractivity contribution >= 4 is 10.9 Å². The van der Waals surface area contributed by atoms with Crippen LogP contribution in [0.1, 0.15) is 11.5 Å². The number of ether oxygens (including phenoxy) is 1. The number of aromatic nitrogens is 2. The standard InChI is InChI=1S/C14H14N2O2/c1-10-7-12(15-18-10)9-16-6-5-11-8-13(17-2)3-4-14(11)16/h3-8H,9H2,1-2H3. The minimum atomic E-state index is 0.715. The normalized spacial score (nSPS) is 11.0. The molecule has 0 aliphatic heterocycles. The number of rotatable bonds is 3. The Kier molecular flexibility index (Phi) is 2.55. The lowest BCUT2D eigenvalue weighted by molar-refractivity contribution is 0.389. The summed E-state index contributed by atoms with van der Waals surface area (Å²) >= 11 is 0. The van der Waals surface area contributed by atoms with Crippen molar-refractivity contribution in [2.45, 2.75) is 13.5 Å². The highest BCUT2D eigenvalue weighted by Crippen LogP contribution is 2.22. The first kappa shape index (κ1) is 10.9. The van der Waals surface area contributed by atoms with Crippen LogP contribution in [0.25, 0.3) is 10.9 Å². The van der Waals surface area contributed by atoms with Crippen molar-refractivity contribution in [2.24, 2.45) is 0 Å². The lowest BCUT2D eigenvalue weighted by Gasteiger charge is -2.03. The molecule has 0 unspecified atom stereocenters. The predicted octanol–water partition coefficient (Wildman–Crippen LogP) is 2.99. The minimum absolute atomic E-state index is 0.715. The van der Waals surface area contributed by atoms with E-state index < -0.39 is 0 Å². The number of aryl methyl sites for hydroxylation is 1. The largest absolute Gasteiger partial charge is 0.497 e. The molecule has 0 saturated carbocycles. The van der Waals surface area contributed by atoms with Crippen molar-refractivity contribution in [1.82, 2.24) is 9.72 Å². The molecule has 3 rings (SSSR count). The molecular formula is C14H14N2O2. The second-order valence-corrected chi connectivity index (χ2v) is 4.30. The van der Waals surface area contributed by atoms with Crippen LogP contribution in [0.5, 0.6) is 5.75 Å². The molecule has 4 heteroatoms. The van der Waals surface area contributed by atoms with Gasteiger partial charge in [-0.25, -0.2) is 0 Å². The van der Waals surface area contributed by atoms with Crippen LogP contribution < -0.4 is 4.74 Å². The van der Waals surface area contributed by atoms with Crippen LogP contribution in [-0.4, -0.2) is 16.8 Å². The molecule has 0 spiro atoms. The Bertz CT molecular complexity index is 682. The van der Waals surface area contributed by atoms with E-state index in [-0.39, 0.29) is 0 Å². The fourth-order valence-corrected chi connectivity index (χ4v) is 2.11. The van der Waals surface area contributed by atoms with Gasteiger partial charge in [0.15, 0.2) is 0 Å². The SMILES string of the molecule is COc1ccc2c(ccn2Cc2cc(C)on2)c1. The zero-order valence-electron chi connectivity index (χ0n) is 10.4. The van der Waals surface area contributed by atoms with Crippen LogP contribution in [0.3, 0.4) is 0 Å². The van der Waals surface area contributed by atoms with Gasteiger partial charge in [-0.05, 0) is 31.2 Å². The molecule has 0 fully saturated rings. The minimum Gasteiger partial charge on any atom is -0.497 e. The van der Waals surface area contributed by atoms with Gasteiger partial charge in [0.1, 0.15) is 17.2 Å². The number of nitrogens with zero attached hydrogens (tertiary/aromatic N) is 2. The van der Waals surface area contributed by atoms with Crippen LogP contribution in [-0.2, 0) is 6.54 Å². The maximum absolute atomic E-state index is 5.22. The van der Waals surface area contributed by atoms with Gasteiger partial charge in [-0.1, -0.05) is 5.16 Å². The molecule has 2 heterocycles. The first-order valence-electron chi connectivity index (χ1n) is 5.81. The van der Waals surface area contributed by atoms with Gasteiger partial charge in [0.05, 0.1) is 13.7 Å². The summed E-state index contributed by atoms with van der Waals surface area (Å²) < 4.78 is 12.4. The molecule has 0 radical (unpaired) electrons. The lowest BCUT2D eigenvalue weighted by atomic mass is 10.2. The maximum Gasteiger partial charge on any atom is 0.133 e. The second-order valence-electron chi connectivity index (χ2n) is 4.30. The Morgan fingerprint density at radius 2 is 2.17 bits per heavy atom. The van der Waals surface area contributed by atoms with Gasteiger partial charge in [0.2, 0.25) is 0 Å². The number of hydrogen-bond acceptors (Lipinski definition) is 3. The highest BCUT2D eigenvalue weighted by Gasteiger charge is 2.05. The smallest absolute Gasteiger partial charge is 0.133 e. The van der Waals surface area contributed by atoms with Gasteiger partial charge < -0.3 is 13.8 Å². The average Bonchev–Trinajstić information content (AvgIpc) is 2.96. The van der Waals surface area contributed by atoms with Crippen LogP contribution in [0.15, 0.2) is 41.1 Å². The van der Waals surface area contributed by atoms with Crippen molar-refractivity contribution in [1.29, 1.82) is 0 Å². The Morgan fingerprint density at radius 1 is 1.28 bits per heavy atom. The lowest BCUT2D eigenvalue weighted by Crippen LogP contribution is -1.97. The summed E-state index contributed by atoms with van der Waals surface area (Å²) in [5, 5.41) is 5.17. The van der Waals surface area contributed by atoms with E-state index in [1.165, 1.54) is 0 Å². The maximum atomic E-state index is 5.22. The summed E-state index contributed by atoms with van der Waals surface area (Å²) in [7, 11) is 1.68. The van der Waals surface area contributed by atoms with E-state index >= 15 is 0 Å². The summed E-state index contributed by atoms with van der Waals surface area (Å²) in [4.78, 5) is 0. The van der Waals surface area contributed by atoms with E-state index in [0.717, 1.165) is 28.1 Å². The molecule has 3 aromatic rings. The van der Waals surface area contributed by atoms with Gasteiger partial charge in [0.25, 0.3) is 0 Å². The van der Waals surface area contributed by atoms with Crippen molar-refractivity contribution in [3.8, 4) is 5.75 Å². The molecule has 0 saturated heterocycles. The topological polar surface area (TPSA) is 40.2 Å². The summed E-state index contributed by atoms with van der Waals surface area (Å²) in [5.41, 5.74) is 2.09. The molecule has 0 atom stereocenters. The first-order valence-corrected chi connectivity index (χ1v) is 5.81. The molecule has 4 nitrogen and oxygen atoms in total. The molecule has 0 amide bonds. The number of methoxy groups -OCH3 is 1. The second kappa shape index (κ2) is 4.22. The molecule has 92 valence electrons. The van der Waals surface area contributed by atoms with E-state index in [4.69, 9.17) is 9.26 Å². The molecule has 0 aliphatic carbocycles. The summed E-state index contributed by atoms with van der Waals surface area (Å²) in [5.74, 6) is 1.71. The number of benzene rings is 1. The van der Waals surface area contributed by atoms with Gasteiger partial charge in [-0.15, -0.1) is 0 Å². The summed E-state index contributed by atoms with van der Waals surface area (Å²) in [6.07, 6.45) is 2.05. The fourth-order valence-electron chi connectivity index (χ4n) is 2.11. The molecule has 0 bridgehead atoms. The third-order valence-corrected chi connectivity index (χ3v) is 2.99. The van der Waals surface area contributed by atoms with Gasteiger partial charge in [-0.3, -0.25) is 0 Å². The Morgan fingerprint density at radius 3 is 2.89 bits per heavy atom. The molecule has 18 heavy (non-hydrogen) atoms. The summed E-state index contributed by atoms with van der Waals surface area (Å²) in [6, 6.07) is 10.1.